The molecule has 1 fully saturated rings. The van der Waals surface area contributed by atoms with E-state index in [4.69, 9.17) is 10.7 Å². The van der Waals surface area contributed by atoms with Gasteiger partial charge in [0.1, 0.15) is 17.8 Å². The van der Waals surface area contributed by atoms with Gasteiger partial charge in [-0.05, 0) is 18.4 Å². The third-order valence-electron chi connectivity index (χ3n) is 4.38. The molecule has 23 heavy (non-hydrogen) atoms. The summed E-state index contributed by atoms with van der Waals surface area (Å²) in [6, 6.07) is 1.32. The van der Waals surface area contributed by atoms with E-state index < -0.39 is 13.0 Å². The summed E-state index contributed by atoms with van der Waals surface area (Å²) in [6.45, 7) is 7.01. The molecule has 2 atom stereocenters. The number of aromatic amines is 1. The summed E-state index contributed by atoms with van der Waals surface area (Å²) in [5, 5.41) is 0.625. The molecule has 1 aliphatic heterocycles. The Morgan fingerprint density at radius 2 is 2.52 bits per heavy atom. The molecule has 120 valence electrons. The second-order valence-electron chi connectivity index (χ2n) is 5.80. The lowest BCUT2D eigenvalue weighted by Crippen LogP contribution is -2.53. The number of hydrogen-bond acceptors (Lipinski definition) is 4. The van der Waals surface area contributed by atoms with Gasteiger partial charge >= 0.3 is 5.91 Å². The van der Waals surface area contributed by atoms with Crippen LogP contribution in [0.25, 0.3) is 15.9 Å². The van der Waals surface area contributed by atoms with Crippen molar-refractivity contribution in [2.45, 2.75) is 19.4 Å². The predicted octanol–water partition coefficient (Wildman–Crippen LogP) is 1.55. The third-order valence-corrected chi connectivity index (χ3v) is 4.38. The van der Waals surface area contributed by atoms with Gasteiger partial charge < -0.3 is 19.6 Å². The number of nitrogens with zero attached hydrogens (tertiary/aromatic N) is 5. The van der Waals surface area contributed by atoms with Gasteiger partial charge in [0.25, 0.3) is 6.54 Å². The zero-order valence-electron chi connectivity index (χ0n) is 15.9. The number of hydrogen-bond donors (Lipinski definition) is 1. The summed E-state index contributed by atoms with van der Waals surface area (Å²) in [6.07, 6.45) is 3.70. The molecule has 7 nitrogen and oxygen atoms in total. The Kier molecular flexibility index (Phi) is 3.23. The summed E-state index contributed by atoms with van der Waals surface area (Å²) in [7, 11) is 0. The van der Waals surface area contributed by atoms with E-state index in [0.717, 1.165) is 0 Å². The average molecular weight is 315 g/mol. The van der Waals surface area contributed by atoms with Gasteiger partial charge in [0.2, 0.25) is 0 Å². The van der Waals surface area contributed by atoms with E-state index in [9.17, 15) is 4.79 Å². The highest BCUT2D eigenvalue weighted by Crippen LogP contribution is 2.28. The lowest BCUT2D eigenvalue weighted by Gasteiger charge is -2.41. The second kappa shape index (κ2) is 6.24. The molecule has 3 heterocycles. The minimum atomic E-state index is -2.43. The van der Waals surface area contributed by atoms with Crippen molar-refractivity contribution in [2.24, 2.45) is 5.92 Å². The summed E-state index contributed by atoms with van der Waals surface area (Å²) >= 11 is 0. The van der Waals surface area contributed by atoms with E-state index in [1.54, 1.807) is 17.2 Å². The van der Waals surface area contributed by atoms with Gasteiger partial charge in [-0.2, -0.15) is 0 Å². The molecule has 0 unspecified atom stereocenters. The smallest absolute Gasteiger partial charge is 0.302 e. The van der Waals surface area contributed by atoms with Crippen molar-refractivity contribution < 1.29 is 8.91 Å². The number of likely N-dealkylation sites (tertiary alicyclic amines) is 1. The molecule has 0 bridgehead atoms. The maximum absolute atomic E-state index is 12.2. The summed E-state index contributed by atoms with van der Waals surface area (Å²) < 4.78 is 24.2. The van der Waals surface area contributed by atoms with E-state index >= 15 is 0 Å². The van der Waals surface area contributed by atoms with Gasteiger partial charge in [0.05, 0.1) is 11.4 Å². The van der Waals surface area contributed by atoms with Crippen molar-refractivity contribution in [3.63, 3.8) is 0 Å². The molecule has 0 saturated carbocycles. The maximum atomic E-state index is 12.2. The van der Waals surface area contributed by atoms with Crippen molar-refractivity contribution in [2.75, 3.05) is 31.5 Å². The standard InChI is InChI=1S/C16H20N6O/c1-11-5-7-22(14(23)8-17-2)9-13(11)21(3)16-12-4-6-18-15(12)19-10-20-16/h4,6,10-11,13H,5,7-9H2,1,3H3,(H,18,19,20)/t11-,13+/m0/s1/i3D3. The Morgan fingerprint density at radius 3 is 3.30 bits per heavy atom. The molecule has 1 N–H and O–H groups in total. The molecular formula is C16H20N6O. The number of amides is 1. The van der Waals surface area contributed by atoms with Crippen molar-refractivity contribution in [3.05, 3.63) is 30.0 Å². The minimum absolute atomic E-state index is 0.0522. The van der Waals surface area contributed by atoms with Gasteiger partial charge in [-0.3, -0.25) is 4.79 Å². The molecule has 1 saturated heterocycles. The van der Waals surface area contributed by atoms with Gasteiger partial charge in [-0.1, -0.05) is 6.92 Å². The number of nitrogens with one attached hydrogen (secondary N) is 1. The number of H-pyrrole nitrogens is 1. The molecule has 0 spiro atoms. The SMILES string of the molecule is [2H]C([2H])([2H])N(c1ncnc2[nH]ccc12)[C@@H]1CN(C(=O)C[N+]#[C-])CC[C@@H]1C. The Balaban J connectivity index is 2.01. The molecule has 0 aromatic carbocycles. The topological polar surface area (TPSA) is 69.5 Å². The predicted molar refractivity (Wildman–Crippen MR) is 87.9 cm³/mol. The number of anilines is 1. The number of rotatable bonds is 3. The fourth-order valence-corrected chi connectivity index (χ4v) is 2.99. The number of carbonyl (C=O) groups excluding carboxylic acids is 1. The highest BCUT2D eigenvalue weighted by atomic mass is 16.2. The summed E-state index contributed by atoms with van der Waals surface area (Å²) in [5.41, 5.74) is 0.564. The number of aromatic nitrogens is 3. The van der Waals surface area contributed by atoms with Crippen LogP contribution < -0.4 is 4.90 Å². The maximum Gasteiger partial charge on any atom is 0.302 e. The Bertz CT molecular complexity index is 842. The Hall–Kier alpha value is -2.62. The second-order valence-corrected chi connectivity index (χ2v) is 5.80. The highest BCUT2D eigenvalue weighted by Gasteiger charge is 2.33. The number of likely N-dealkylation sites (N-methyl/N-ethyl adjacent to an activating group) is 1. The highest BCUT2D eigenvalue weighted by molar-refractivity contribution is 5.87. The van der Waals surface area contributed by atoms with E-state index in [1.807, 2.05) is 6.92 Å². The molecule has 0 radical (unpaired) electrons. The number of piperidine rings is 1. The van der Waals surface area contributed by atoms with Crippen LogP contribution in [0.1, 0.15) is 17.5 Å². The summed E-state index contributed by atoms with van der Waals surface area (Å²) in [4.78, 5) is 29.5. The molecule has 0 aliphatic carbocycles. The Labute approximate surface area is 139 Å². The van der Waals surface area contributed by atoms with E-state index in [-0.39, 0.29) is 24.9 Å². The van der Waals surface area contributed by atoms with Crippen LogP contribution in [-0.4, -0.2) is 58.4 Å². The quantitative estimate of drug-likeness (QED) is 0.873. The van der Waals surface area contributed by atoms with Crippen LogP contribution in [0.4, 0.5) is 5.82 Å². The molecule has 1 amide bonds. The van der Waals surface area contributed by atoms with Crippen molar-refractivity contribution >= 4 is 22.8 Å². The van der Waals surface area contributed by atoms with E-state index in [1.165, 1.54) is 11.2 Å². The molecule has 7 heteroatoms. The van der Waals surface area contributed by atoms with Gasteiger partial charge in [0, 0.05) is 30.4 Å². The normalized spacial score (nSPS) is 23.7. The van der Waals surface area contributed by atoms with Gasteiger partial charge in [-0.15, -0.1) is 0 Å². The van der Waals surface area contributed by atoms with E-state index in [0.29, 0.717) is 29.8 Å². The molecule has 2 aromatic heterocycles. The lowest BCUT2D eigenvalue weighted by molar-refractivity contribution is -0.130. The van der Waals surface area contributed by atoms with Crippen molar-refractivity contribution in [1.82, 2.24) is 19.9 Å². The van der Waals surface area contributed by atoms with Gasteiger partial charge in [-0.25, -0.2) is 16.5 Å². The molecule has 3 rings (SSSR count). The first-order valence-electron chi connectivity index (χ1n) is 9.01. The lowest BCUT2D eigenvalue weighted by atomic mass is 9.92. The monoisotopic (exact) mass is 315 g/mol. The van der Waals surface area contributed by atoms with Crippen LogP contribution in [0, 0.1) is 12.5 Å². The molecule has 2 aromatic rings. The minimum Gasteiger partial charge on any atom is -0.354 e. The molecular weight excluding hydrogens is 292 g/mol. The van der Waals surface area contributed by atoms with Crippen LogP contribution in [0.15, 0.2) is 18.6 Å². The van der Waals surface area contributed by atoms with E-state index in [2.05, 4.69) is 19.8 Å². The van der Waals surface area contributed by atoms with Gasteiger partial charge in [0.15, 0.2) is 0 Å². The van der Waals surface area contributed by atoms with Crippen LogP contribution in [0.5, 0.6) is 0 Å². The fourth-order valence-electron chi connectivity index (χ4n) is 2.99. The fraction of sp³-hybridized carbons (Fsp3) is 0.500. The van der Waals surface area contributed by atoms with Crippen LogP contribution in [0.2, 0.25) is 0 Å². The van der Waals surface area contributed by atoms with Crippen LogP contribution in [0.3, 0.4) is 0 Å². The van der Waals surface area contributed by atoms with Crippen molar-refractivity contribution in [3.8, 4) is 0 Å². The summed E-state index contributed by atoms with van der Waals surface area (Å²) in [5.74, 6) is 0.112. The first-order valence-corrected chi connectivity index (χ1v) is 7.51. The zero-order chi connectivity index (χ0) is 18.9. The average Bonchev–Trinajstić information content (AvgIpc) is 3.05. The van der Waals surface area contributed by atoms with Crippen molar-refractivity contribution in [1.29, 1.82) is 0 Å². The first-order chi connectivity index (χ1) is 12.3. The molecule has 1 aliphatic rings. The van der Waals surface area contributed by atoms with Crippen LogP contribution >= 0.6 is 0 Å². The Morgan fingerprint density at radius 1 is 1.65 bits per heavy atom. The zero-order valence-corrected chi connectivity index (χ0v) is 12.9. The largest absolute Gasteiger partial charge is 0.354 e. The van der Waals surface area contributed by atoms with Crippen LogP contribution in [-0.2, 0) is 4.79 Å². The first kappa shape index (κ1) is 11.9. The number of carbonyl (C=O) groups is 1. The number of fused-ring (bicyclic) bond motifs is 1. The third kappa shape index (κ3) is 2.84.